The van der Waals surface area contributed by atoms with Crippen LogP contribution in [0.1, 0.15) is 5.76 Å². The van der Waals surface area contributed by atoms with Gasteiger partial charge in [-0.05, 0) is 12.1 Å². The molecule has 3 heterocycles. The van der Waals surface area contributed by atoms with Crippen molar-refractivity contribution in [2.75, 3.05) is 18.5 Å². The van der Waals surface area contributed by atoms with Crippen molar-refractivity contribution in [1.82, 2.24) is 19.1 Å². The number of aryl methyl sites for hydroxylation is 1. The van der Waals surface area contributed by atoms with Gasteiger partial charge in [-0.3, -0.25) is 14.3 Å². The number of furan rings is 1. The molecule has 0 radical (unpaired) electrons. The van der Waals surface area contributed by atoms with E-state index in [-0.39, 0.29) is 24.3 Å². The number of rotatable bonds is 9. The first-order chi connectivity index (χ1) is 13.0. The Kier molecular flexibility index (Phi) is 5.57. The van der Waals surface area contributed by atoms with Gasteiger partial charge < -0.3 is 24.1 Å². The summed E-state index contributed by atoms with van der Waals surface area (Å²) in [6.07, 6.45) is 2.24. The van der Waals surface area contributed by atoms with Gasteiger partial charge in [-0.25, -0.2) is 4.79 Å². The summed E-state index contributed by atoms with van der Waals surface area (Å²) in [5.74, 6) is 1.00. The summed E-state index contributed by atoms with van der Waals surface area (Å²) in [7, 11) is 1.51. The van der Waals surface area contributed by atoms with Gasteiger partial charge in [-0.2, -0.15) is 4.98 Å². The molecule has 0 spiro atoms. The molecule has 10 heteroatoms. The summed E-state index contributed by atoms with van der Waals surface area (Å²) in [6.45, 7) is 4.29. The number of aliphatic hydroxyl groups is 1. The number of fused-ring (bicyclic) bond motifs is 1. The van der Waals surface area contributed by atoms with E-state index in [4.69, 9.17) is 9.15 Å². The number of aromatic amines is 1. The Labute approximate surface area is 153 Å². The lowest BCUT2D eigenvalue weighted by molar-refractivity contribution is 0.0405. The van der Waals surface area contributed by atoms with Crippen molar-refractivity contribution in [2.45, 2.75) is 19.2 Å². The fourth-order valence-electron chi connectivity index (χ4n) is 2.68. The van der Waals surface area contributed by atoms with Gasteiger partial charge in [0.05, 0.1) is 38.7 Å². The highest BCUT2D eigenvalue weighted by atomic mass is 16.5. The van der Waals surface area contributed by atoms with Crippen LogP contribution in [0.5, 0.6) is 0 Å². The van der Waals surface area contributed by atoms with Crippen LogP contribution in [-0.4, -0.2) is 43.5 Å². The van der Waals surface area contributed by atoms with Crippen LogP contribution < -0.4 is 16.6 Å². The van der Waals surface area contributed by atoms with E-state index >= 15 is 0 Å². The number of hydrogen-bond donors (Lipinski definition) is 3. The number of nitrogens with one attached hydrogen (secondary N) is 2. The predicted octanol–water partition coefficient (Wildman–Crippen LogP) is 0.192. The molecule has 3 N–H and O–H groups in total. The minimum atomic E-state index is -0.886. The first-order valence-electron chi connectivity index (χ1n) is 8.33. The lowest BCUT2D eigenvalue weighted by Crippen LogP contribution is -2.30. The van der Waals surface area contributed by atoms with Gasteiger partial charge in [0, 0.05) is 7.05 Å². The van der Waals surface area contributed by atoms with E-state index in [1.807, 2.05) is 0 Å². The molecular weight excluding hydrogens is 354 g/mol. The largest absolute Gasteiger partial charge is 0.467 e. The maximum Gasteiger partial charge on any atom is 0.329 e. The van der Waals surface area contributed by atoms with Crippen LogP contribution in [0.4, 0.5) is 5.95 Å². The molecule has 144 valence electrons. The van der Waals surface area contributed by atoms with E-state index in [1.54, 1.807) is 24.5 Å². The SMILES string of the molecule is C=CCOCC(O)Cn1c(NCc2ccco2)nc2c1c(=O)[nH]c(=O)n2C. The van der Waals surface area contributed by atoms with Crippen LogP contribution >= 0.6 is 0 Å². The maximum absolute atomic E-state index is 12.4. The average molecular weight is 375 g/mol. The number of nitrogens with zero attached hydrogens (tertiary/aromatic N) is 3. The number of aromatic nitrogens is 4. The highest BCUT2D eigenvalue weighted by Crippen LogP contribution is 2.17. The van der Waals surface area contributed by atoms with Gasteiger partial charge in [0.1, 0.15) is 5.76 Å². The number of aliphatic hydroxyl groups excluding tert-OH is 1. The molecule has 0 bridgehead atoms. The van der Waals surface area contributed by atoms with Crippen molar-refractivity contribution in [3.8, 4) is 0 Å². The van der Waals surface area contributed by atoms with E-state index in [1.165, 1.54) is 16.2 Å². The first kappa shape index (κ1) is 18.7. The Morgan fingerprint density at radius 2 is 2.33 bits per heavy atom. The molecule has 1 unspecified atom stereocenters. The third-order valence-electron chi connectivity index (χ3n) is 3.95. The van der Waals surface area contributed by atoms with E-state index in [9.17, 15) is 14.7 Å². The lowest BCUT2D eigenvalue weighted by atomic mass is 10.3. The van der Waals surface area contributed by atoms with Crippen LogP contribution in [0.15, 0.2) is 45.1 Å². The summed E-state index contributed by atoms with van der Waals surface area (Å²) in [5, 5.41) is 13.3. The Hall–Kier alpha value is -3.11. The van der Waals surface area contributed by atoms with Gasteiger partial charge >= 0.3 is 5.69 Å². The average Bonchev–Trinajstić information content (AvgIpc) is 3.26. The zero-order valence-corrected chi connectivity index (χ0v) is 14.8. The third kappa shape index (κ3) is 4.01. The lowest BCUT2D eigenvalue weighted by Gasteiger charge is -2.14. The number of hydrogen-bond acceptors (Lipinski definition) is 7. The van der Waals surface area contributed by atoms with Crippen molar-refractivity contribution in [2.24, 2.45) is 7.05 Å². The van der Waals surface area contributed by atoms with Gasteiger partial charge in [0.25, 0.3) is 5.56 Å². The normalized spacial score (nSPS) is 12.4. The summed E-state index contributed by atoms with van der Waals surface area (Å²) in [6, 6.07) is 3.55. The minimum Gasteiger partial charge on any atom is -0.467 e. The van der Waals surface area contributed by atoms with E-state index in [2.05, 4.69) is 21.9 Å². The number of H-pyrrole nitrogens is 1. The molecule has 0 aliphatic heterocycles. The van der Waals surface area contributed by atoms with Crippen molar-refractivity contribution < 1.29 is 14.3 Å². The summed E-state index contributed by atoms with van der Waals surface area (Å²) < 4.78 is 13.3. The summed E-state index contributed by atoms with van der Waals surface area (Å²) >= 11 is 0. The van der Waals surface area contributed by atoms with Gasteiger partial charge in [0.2, 0.25) is 5.95 Å². The quantitative estimate of drug-likeness (QED) is 0.360. The monoisotopic (exact) mass is 375 g/mol. The van der Waals surface area contributed by atoms with Crippen molar-refractivity contribution >= 4 is 17.1 Å². The highest BCUT2D eigenvalue weighted by molar-refractivity contribution is 5.74. The smallest absolute Gasteiger partial charge is 0.329 e. The topological polar surface area (TPSA) is 127 Å². The molecule has 0 aromatic carbocycles. The first-order valence-corrected chi connectivity index (χ1v) is 8.33. The van der Waals surface area contributed by atoms with Crippen LogP contribution in [0, 0.1) is 0 Å². The molecule has 0 amide bonds. The van der Waals surface area contributed by atoms with Crippen LogP contribution in [-0.2, 0) is 24.9 Å². The zero-order chi connectivity index (χ0) is 19.4. The molecule has 0 saturated carbocycles. The molecule has 10 nitrogen and oxygen atoms in total. The fraction of sp³-hybridized carbons (Fsp3) is 0.353. The Morgan fingerprint density at radius 3 is 3.04 bits per heavy atom. The molecule has 27 heavy (non-hydrogen) atoms. The van der Waals surface area contributed by atoms with Crippen molar-refractivity contribution in [3.63, 3.8) is 0 Å². The molecule has 0 saturated heterocycles. The Morgan fingerprint density at radius 1 is 1.52 bits per heavy atom. The number of anilines is 1. The molecule has 0 aliphatic rings. The molecule has 1 atom stereocenters. The molecule has 0 aliphatic carbocycles. The second-order valence-corrected chi connectivity index (χ2v) is 5.95. The minimum absolute atomic E-state index is 0.0510. The fourth-order valence-corrected chi connectivity index (χ4v) is 2.68. The second kappa shape index (κ2) is 8.06. The maximum atomic E-state index is 12.4. The number of imidazole rings is 1. The van der Waals surface area contributed by atoms with Crippen molar-refractivity contribution in [1.29, 1.82) is 0 Å². The van der Waals surface area contributed by atoms with Gasteiger partial charge in [-0.15, -0.1) is 6.58 Å². The molecular formula is C17H21N5O5. The standard InChI is InChI=1S/C17H21N5O5/c1-3-6-26-10-11(23)9-22-13-14(21(2)17(25)20-15(13)24)19-16(22)18-8-12-5-4-7-27-12/h3-5,7,11,23H,1,6,8-10H2,2H3,(H,18,19)(H,20,24,25). The third-order valence-corrected chi connectivity index (χ3v) is 3.95. The van der Waals surface area contributed by atoms with Gasteiger partial charge in [0.15, 0.2) is 11.2 Å². The highest BCUT2D eigenvalue weighted by Gasteiger charge is 2.19. The van der Waals surface area contributed by atoms with Crippen LogP contribution in [0.25, 0.3) is 11.2 Å². The van der Waals surface area contributed by atoms with E-state index < -0.39 is 17.4 Å². The summed E-state index contributed by atoms with van der Waals surface area (Å²) in [5.41, 5.74) is -0.748. The van der Waals surface area contributed by atoms with Crippen molar-refractivity contribution in [3.05, 3.63) is 57.6 Å². The molecule has 3 aromatic rings. The molecule has 3 rings (SSSR count). The second-order valence-electron chi connectivity index (χ2n) is 5.95. The van der Waals surface area contributed by atoms with E-state index in [0.29, 0.717) is 24.9 Å². The van der Waals surface area contributed by atoms with E-state index in [0.717, 1.165) is 0 Å². The number of ether oxygens (including phenoxy) is 1. The predicted molar refractivity (Wildman–Crippen MR) is 98.7 cm³/mol. The Bertz CT molecular complexity index is 1030. The molecule has 0 fully saturated rings. The zero-order valence-electron chi connectivity index (χ0n) is 14.8. The molecule has 3 aromatic heterocycles. The van der Waals surface area contributed by atoms with Crippen LogP contribution in [0.3, 0.4) is 0 Å². The Balaban J connectivity index is 1.97. The van der Waals surface area contributed by atoms with Crippen LogP contribution in [0.2, 0.25) is 0 Å². The van der Waals surface area contributed by atoms with Gasteiger partial charge in [-0.1, -0.05) is 6.08 Å². The summed E-state index contributed by atoms with van der Waals surface area (Å²) in [4.78, 5) is 30.8.